The molecule has 0 radical (unpaired) electrons. The third kappa shape index (κ3) is 2.58. The molecule has 1 atom stereocenters. The average molecular weight is 249 g/mol. The maximum Gasteiger partial charge on any atom is 0.123 e. The van der Waals surface area contributed by atoms with Crippen molar-refractivity contribution < 1.29 is 4.74 Å². The Bertz CT molecular complexity index is 373. The first-order valence-corrected chi connectivity index (χ1v) is 6.88. The Kier molecular flexibility index (Phi) is 4.07. The highest BCUT2D eigenvalue weighted by molar-refractivity contribution is 5.48. The van der Waals surface area contributed by atoms with E-state index < -0.39 is 0 Å². The van der Waals surface area contributed by atoms with Gasteiger partial charge in [0.2, 0.25) is 0 Å². The Labute approximate surface area is 109 Å². The summed E-state index contributed by atoms with van der Waals surface area (Å²) in [5.74, 6) is 0.579. The fraction of sp³-hybridized carbons (Fsp3) is 0.643. The molecule has 3 heterocycles. The van der Waals surface area contributed by atoms with E-state index >= 15 is 0 Å². The lowest BCUT2D eigenvalue weighted by Gasteiger charge is -2.49. The molecule has 2 saturated heterocycles. The van der Waals surface area contributed by atoms with Crippen LogP contribution in [-0.4, -0.2) is 30.3 Å². The Morgan fingerprint density at radius 2 is 2.11 bits per heavy atom. The monoisotopic (exact) mass is 249 g/mol. The highest BCUT2D eigenvalue weighted by atomic mass is 16.5. The van der Waals surface area contributed by atoms with Crippen molar-refractivity contribution in [3.05, 3.63) is 18.3 Å². The predicted molar refractivity (Wildman–Crippen MR) is 74.7 cm³/mol. The lowest BCUT2D eigenvalue weighted by atomic mass is 9.86. The molecule has 18 heavy (non-hydrogen) atoms. The molecule has 0 amide bonds. The molecule has 3 rings (SSSR count). The minimum Gasteiger partial charge on any atom is -0.384 e. The minimum atomic E-state index is 0.139. The van der Waals surface area contributed by atoms with Gasteiger partial charge in [-0.1, -0.05) is 13.8 Å². The van der Waals surface area contributed by atoms with Crippen molar-refractivity contribution in [2.45, 2.75) is 38.7 Å². The van der Waals surface area contributed by atoms with Crippen molar-refractivity contribution >= 4 is 11.5 Å². The number of ether oxygens (including phenoxy) is 1. The van der Waals surface area contributed by atoms with E-state index in [9.17, 15) is 0 Å². The van der Waals surface area contributed by atoms with Gasteiger partial charge in [-0.3, -0.25) is 0 Å². The number of nitrogens with two attached hydrogens (primary N) is 1. The molecule has 2 fully saturated rings. The van der Waals surface area contributed by atoms with Gasteiger partial charge in [0.25, 0.3) is 0 Å². The average Bonchev–Trinajstić information content (AvgIpc) is 2.40. The highest BCUT2D eigenvalue weighted by Gasteiger charge is 2.42. The van der Waals surface area contributed by atoms with Crippen LogP contribution in [0.4, 0.5) is 11.5 Å². The van der Waals surface area contributed by atoms with Gasteiger partial charge in [0.15, 0.2) is 0 Å². The van der Waals surface area contributed by atoms with Crippen molar-refractivity contribution in [3.8, 4) is 0 Å². The first-order valence-electron chi connectivity index (χ1n) is 6.88. The van der Waals surface area contributed by atoms with Crippen LogP contribution >= 0.6 is 0 Å². The van der Waals surface area contributed by atoms with E-state index in [2.05, 4.69) is 9.88 Å². The smallest absolute Gasteiger partial charge is 0.123 e. The summed E-state index contributed by atoms with van der Waals surface area (Å²) in [5.41, 5.74) is 6.89. The summed E-state index contributed by atoms with van der Waals surface area (Å²) in [6, 6.07) is 3.90. The van der Waals surface area contributed by atoms with Crippen molar-refractivity contribution in [2.75, 3.05) is 30.3 Å². The van der Waals surface area contributed by atoms with Crippen molar-refractivity contribution in [3.63, 3.8) is 0 Å². The summed E-state index contributed by atoms with van der Waals surface area (Å²) in [4.78, 5) is 6.50. The van der Waals surface area contributed by atoms with Crippen LogP contribution in [0.15, 0.2) is 18.3 Å². The maximum absolute atomic E-state index is 5.75. The quantitative estimate of drug-likeness (QED) is 0.830. The number of aromatic nitrogens is 1. The molecule has 0 aromatic carbocycles. The van der Waals surface area contributed by atoms with Crippen LogP contribution in [0.2, 0.25) is 0 Å². The molecule has 4 nitrogen and oxygen atoms in total. The van der Waals surface area contributed by atoms with Gasteiger partial charge in [0.05, 0.1) is 24.1 Å². The second-order valence-electron chi connectivity index (χ2n) is 4.75. The van der Waals surface area contributed by atoms with Gasteiger partial charge in [-0.15, -0.1) is 0 Å². The second kappa shape index (κ2) is 5.57. The molecule has 1 spiro atoms. The highest BCUT2D eigenvalue weighted by Crippen LogP contribution is 2.36. The summed E-state index contributed by atoms with van der Waals surface area (Å²) >= 11 is 0. The summed E-state index contributed by atoms with van der Waals surface area (Å²) < 4.78 is 5.75. The van der Waals surface area contributed by atoms with Crippen LogP contribution in [0.25, 0.3) is 0 Å². The lowest BCUT2D eigenvalue weighted by molar-refractivity contribution is -0.150. The molecule has 0 bridgehead atoms. The maximum atomic E-state index is 5.75. The number of hydrogen-bond acceptors (Lipinski definition) is 4. The molecule has 4 heteroatoms. The number of hydrogen-bond donors (Lipinski definition) is 1. The van der Waals surface area contributed by atoms with E-state index in [1.54, 1.807) is 0 Å². The van der Waals surface area contributed by atoms with Crippen LogP contribution in [0, 0.1) is 0 Å². The summed E-state index contributed by atoms with van der Waals surface area (Å²) in [6.07, 6.45) is 5.45. The van der Waals surface area contributed by atoms with Crippen LogP contribution in [0.5, 0.6) is 0 Å². The molecule has 2 aliphatic heterocycles. The topological polar surface area (TPSA) is 51.4 Å². The minimum absolute atomic E-state index is 0.139. The fourth-order valence-corrected chi connectivity index (χ4v) is 2.62. The molecule has 0 saturated carbocycles. The van der Waals surface area contributed by atoms with Gasteiger partial charge in [-0.05, 0) is 25.0 Å². The third-order valence-corrected chi connectivity index (χ3v) is 3.64. The van der Waals surface area contributed by atoms with E-state index in [4.69, 9.17) is 10.5 Å². The number of piperidine rings is 1. The van der Waals surface area contributed by atoms with E-state index in [0.717, 1.165) is 25.4 Å². The summed E-state index contributed by atoms with van der Waals surface area (Å²) in [6.45, 7) is 7.02. The van der Waals surface area contributed by atoms with E-state index in [1.165, 1.54) is 19.3 Å². The first-order chi connectivity index (χ1) is 8.77. The number of nitrogens with zero attached hydrogens (tertiary/aromatic N) is 2. The molecular formula is C14H23N3O. The Morgan fingerprint density at radius 1 is 1.33 bits per heavy atom. The number of rotatable bonds is 1. The number of pyridine rings is 1. The molecule has 100 valence electrons. The Hall–Kier alpha value is -1.29. The van der Waals surface area contributed by atoms with Gasteiger partial charge >= 0.3 is 0 Å². The molecule has 1 aromatic rings. The normalized spacial score (nSPS) is 26.2. The Balaban J connectivity index is 0.000000574. The zero-order valence-corrected chi connectivity index (χ0v) is 11.4. The van der Waals surface area contributed by atoms with Crippen molar-refractivity contribution in [1.29, 1.82) is 0 Å². The van der Waals surface area contributed by atoms with Gasteiger partial charge in [0, 0.05) is 19.5 Å². The van der Waals surface area contributed by atoms with Gasteiger partial charge in [0.1, 0.15) is 5.82 Å². The lowest BCUT2D eigenvalue weighted by Crippen LogP contribution is -2.56. The van der Waals surface area contributed by atoms with Gasteiger partial charge < -0.3 is 15.4 Å². The van der Waals surface area contributed by atoms with Crippen LogP contribution in [0.1, 0.15) is 33.1 Å². The zero-order valence-electron chi connectivity index (χ0n) is 11.4. The third-order valence-electron chi connectivity index (χ3n) is 3.64. The van der Waals surface area contributed by atoms with Gasteiger partial charge in [-0.25, -0.2) is 4.98 Å². The Morgan fingerprint density at radius 3 is 2.67 bits per heavy atom. The molecule has 1 unspecified atom stereocenters. The second-order valence-corrected chi connectivity index (χ2v) is 4.75. The number of nitrogen functional groups attached to an aromatic ring is 1. The number of anilines is 2. The zero-order chi connectivity index (χ0) is 13.0. The largest absolute Gasteiger partial charge is 0.384 e. The van der Waals surface area contributed by atoms with Crippen LogP contribution in [-0.2, 0) is 4.74 Å². The van der Waals surface area contributed by atoms with Crippen LogP contribution in [0.3, 0.4) is 0 Å². The predicted octanol–water partition coefficient (Wildman–Crippen LogP) is 2.45. The van der Waals surface area contributed by atoms with Crippen LogP contribution < -0.4 is 10.6 Å². The summed E-state index contributed by atoms with van der Waals surface area (Å²) in [7, 11) is 0. The molecule has 1 aromatic heterocycles. The van der Waals surface area contributed by atoms with Crippen molar-refractivity contribution in [1.82, 2.24) is 4.98 Å². The molecular weight excluding hydrogens is 226 g/mol. The first kappa shape index (κ1) is 13.1. The van der Waals surface area contributed by atoms with Crippen molar-refractivity contribution in [2.24, 2.45) is 0 Å². The van der Waals surface area contributed by atoms with E-state index in [1.807, 2.05) is 32.2 Å². The van der Waals surface area contributed by atoms with Gasteiger partial charge in [-0.2, -0.15) is 0 Å². The molecule has 2 aliphatic rings. The standard InChI is InChI=1S/C12H17N3O.C2H6/c13-11-3-2-10(8-14-11)15-6-1-4-12(9-15)5-7-16-12;1-2/h2-3,8H,1,4-7,9H2,(H2,13,14);1-2H3. The molecule has 2 N–H and O–H groups in total. The molecule has 0 aliphatic carbocycles. The SMILES string of the molecule is CC.Nc1ccc(N2CCCC3(CCO3)C2)cn1. The van der Waals surface area contributed by atoms with E-state index in [-0.39, 0.29) is 5.60 Å². The summed E-state index contributed by atoms with van der Waals surface area (Å²) in [5, 5.41) is 0. The fourth-order valence-electron chi connectivity index (χ4n) is 2.62. The van der Waals surface area contributed by atoms with E-state index in [0.29, 0.717) is 5.82 Å².